The summed E-state index contributed by atoms with van der Waals surface area (Å²) >= 11 is 6.00. The first-order valence-electron chi connectivity index (χ1n) is 8.49. The maximum absolute atomic E-state index is 12.6. The lowest BCUT2D eigenvalue weighted by molar-refractivity contribution is -0.122. The molecule has 1 aliphatic rings. The van der Waals surface area contributed by atoms with Gasteiger partial charge in [-0.05, 0) is 42.0 Å². The highest BCUT2D eigenvalue weighted by Gasteiger charge is 2.27. The first-order valence-corrected chi connectivity index (χ1v) is 8.86. The molecule has 0 saturated heterocycles. The standard InChI is InChI=1S/C20H23ClN2O/c21-17-11-9-15(10-12-17)20(14-5-2-1-3-6-14)23-19(24)13-16-7-4-8-18(16)22/h1-3,5-6,9-12,16,18,20H,4,7-8,13,22H2,(H,23,24)/t16-,18+,20?/m0/s1. The molecule has 2 aromatic carbocycles. The van der Waals surface area contributed by atoms with Gasteiger partial charge in [0.05, 0.1) is 6.04 Å². The van der Waals surface area contributed by atoms with Crippen LogP contribution in [0.2, 0.25) is 5.02 Å². The van der Waals surface area contributed by atoms with E-state index in [9.17, 15) is 4.79 Å². The van der Waals surface area contributed by atoms with Crippen molar-refractivity contribution in [3.8, 4) is 0 Å². The highest BCUT2D eigenvalue weighted by atomic mass is 35.5. The van der Waals surface area contributed by atoms with E-state index in [1.54, 1.807) is 0 Å². The van der Waals surface area contributed by atoms with Crippen molar-refractivity contribution in [3.63, 3.8) is 0 Å². The summed E-state index contributed by atoms with van der Waals surface area (Å²) in [5, 5.41) is 3.87. The van der Waals surface area contributed by atoms with Gasteiger partial charge in [-0.1, -0.05) is 60.5 Å². The predicted octanol–water partition coefficient (Wildman–Crippen LogP) is 4.06. The fourth-order valence-corrected chi connectivity index (χ4v) is 3.56. The molecule has 126 valence electrons. The number of benzene rings is 2. The van der Waals surface area contributed by atoms with E-state index in [-0.39, 0.29) is 18.0 Å². The molecule has 1 fully saturated rings. The average Bonchev–Trinajstić information content (AvgIpc) is 2.99. The SMILES string of the molecule is N[C@@H]1CCC[C@H]1CC(=O)NC(c1ccccc1)c1ccc(Cl)cc1. The number of halogens is 1. The van der Waals surface area contributed by atoms with Crippen molar-refractivity contribution in [2.45, 2.75) is 37.8 Å². The minimum absolute atomic E-state index is 0.0566. The van der Waals surface area contributed by atoms with Gasteiger partial charge in [0.15, 0.2) is 0 Å². The molecule has 0 radical (unpaired) electrons. The topological polar surface area (TPSA) is 55.1 Å². The van der Waals surface area contributed by atoms with E-state index in [4.69, 9.17) is 17.3 Å². The molecule has 3 nitrogen and oxygen atoms in total. The second-order valence-electron chi connectivity index (χ2n) is 6.52. The summed E-state index contributed by atoms with van der Waals surface area (Å²) in [4.78, 5) is 12.6. The highest BCUT2D eigenvalue weighted by molar-refractivity contribution is 6.30. The number of hydrogen-bond donors (Lipinski definition) is 2. The molecule has 3 atom stereocenters. The minimum Gasteiger partial charge on any atom is -0.345 e. The van der Waals surface area contributed by atoms with Crippen LogP contribution in [-0.4, -0.2) is 11.9 Å². The first-order chi connectivity index (χ1) is 11.6. The number of rotatable bonds is 5. The van der Waals surface area contributed by atoms with Gasteiger partial charge in [-0.25, -0.2) is 0 Å². The zero-order chi connectivity index (χ0) is 16.9. The van der Waals surface area contributed by atoms with Crippen LogP contribution in [0.4, 0.5) is 0 Å². The lowest BCUT2D eigenvalue weighted by atomic mass is 9.96. The van der Waals surface area contributed by atoms with Crippen molar-refractivity contribution in [2.24, 2.45) is 11.7 Å². The zero-order valence-electron chi connectivity index (χ0n) is 13.6. The number of hydrogen-bond acceptors (Lipinski definition) is 2. The van der Waals surface area contributed by atoms with Gasteiger partial charge in [0.1, 0.15) is 0 Å². The van der Waals surface area contributed by atoms with Crippen LogP contribution in [0.3, 0.4) is 0 Å². The van der Waals surface area contributed by atoms with Crippen molar-refractivity contribution in [3.05, 3.63) is 70.7 Å². The Kier molecular flexibility index (Phi) is 5.54. The van der Waals surface area contributed by atoms with Crippen molar-refractivity contribution >= 4 is 17.5 Å². The summed E-state index contributed by atoms with van der Waals surface area (Å²) in [5.41, 5.74) is 8.18. The number of amides is 1. The maximum Gasteiger partial charge on any atom is 0.221 e. The van der Waals surface area contributed by atoms with Gasteiger partial charge in [-0.15, -0.1) is 0 Å². The van der Waals surface area contributed by atoms with Crippen molar-refractivity contribution in [1.29, 1.82) is 0 Å². The smallest absolute Gasteiger partial charge is 0.221 e. The number of nitrogens with one attached hydrogen (secondary N) is 1. The van der Waals surface area contributed by atoms with Crippen LogP contribution in [0.25, 0.3) is 0 Å². The summed E-state index contributed by atoms with van der Waals surface area (Å²) in [5.74, 6) is 0.354. The van der Waals surface area contributed by atoms with E-state index < -0.39 is 0 Å². The van der Waals surface area contributed by atoms with Gasteiger partial charge in [0.2, 0.25) is 5.91 Å². The Morgan fingerprint density at radius 3 is 2.38 bits per heavy atom. The molecule has 24 heavy (non-hydrogen) atoms. The largest absolute Gasteiger partial charge is 0.345 e. The summed E-state index contributed by atoms with van der Waals surface area (Å²) in [6.45, 7) is 0. The Bertz CT molecular complexity index is 672. The highest BCUT2D eigenvalue weighted by Crippen LogP contribution is 2.28. The van der Waals surface area contributed by atoms with Gasteiger partial charge >= 0.3 is 0 Å². The van der Waals surface area contributed by atoms with Crippen molar-refractivity contribution in [2.75, 3.05) is 0 Å². The summed E-state index contributed by atoms with van der Waals surface area (Å²) in [6, 6.07) is 17.6. The molecule has 0 bridgehead atoms. The van der Waals surface area contributed by atoms with E-state index in [0.29, 0.717) is 17.4 Å². The lowest BCUT2D eigenvalue weighted by Crippen LogP contribution is -2.34. The van der Waals surface area contributed by atoms with Crippen molar-refractivity contribution < 1.29 is 4.79 Å². The second-order valence-corrected chi connectivity index (χ2v) is 6.96. The monoisotopic (exact) mass is 342 g/mol. The summed E-state index contributed by atoms with van der Waals surface area (Å²) in [7, 11) is 0. The summed E-state index contributed by atoms with van der Waals surface area (Å²) < 4.78 is 0. The second kappa shape index (κ2) is 7.82. The Labute approximate surface area is 148 Å². The summed E-state index contributed by atoms with van der Waals surface area (Å²) in [6.07, 6.45) is 3.69. The van der Waals surface area contributed by atoms with E-state index in [1.807, 2.05) is 54.6 Å². The number of carbonyl (C=O) groups excluding carboxylic acids is 1. The fraction of sp³-hybridized carbons (Fsp3) is 0.350. The van der Waals surface area contributed by atoms with Crippen LogP contribution >= 0.6 is 11.6 Å². The molecule has 4 heteroatoms. The minimum atomic E-state index is -0.173. The van der Waals surface area contributed by atoms with Crippen LogP contribution in [0.15, 0.2) is 54.6 Å². The third-order valence-corrected chi connectivity index (χ3v) is 5.06. The molecule has 1 unspecified atom stereocenters. The van der Waals surface area contributed by atoms with Crippen molar-refractivity contribution in [1.82, 2.24) is 5.32 Å². The average molecular weight is 343 g/mol. The van der Waals surface area contributed by atoms with Gasteiger partial charge in [0, 0.05) is 17.5 Å². The van der Waals surface area contributed by atoms with Crippen LogP contribution in [0, 0.1) is 5.92 Å². The van der Waals surface area contributed by atoms with Crippen LogP contribution in [0.5, 0.6) is 0 Å². The Balaban J connectivity index is 1.77. The molecule has 0 heterocycles. The molecule has 0 aliphatic heterocycles. The first kappa shape index (κ1) is 17.0. The Hall–Kier alpha value is -1.84. The van der Waals surface area contributed by atoms with Gasteiger partial charge in [0.25, 0.3) is 0 Å². The van der Waals surface area contributed by atoms with Crippen LogP contribution in [-0.2, 0) is 4.79 Å². The van der Waals surface area contributed by atoms with E-state index in [2.05, 4.69) is 5.32 Å². The van der Waals surface area contributed by atoms with E-state index >= 15 is 0 Å². The number of carbonyl (C=O) groups is 1. The Morgan fingerprint density at radius 2 is 1.75 bits per heavy atom. The molecule has 0 spiro atoms. The van der Waals surface area contributed by atoms with E-state index in [0.717, 1.165) is 30.4 Å². The molecule has 1 aliphatic carbocycles. The Morgan fingerprint density at radius 1 is 1.08 bits per heavy atom. The third kappa shape index (κ3) is 4.16. The van der Waals surface area contributed by atoms with Crippen LogP contribution < -0.4 is 11.1 Å². The predicted molar refractivity (Wildman–Crippen MR) is 97.8 cm³/mol. The molecule has 3 N–H and O–H groups in total. The molecule has 3 rings (SSSR count). The quantitative estimate of drug-likeness (QED) is 0.860. The third-order valence-electron chi connectivity index (χ3n) is 4.81. The molecular formula is C20H23ClN2O. The van der Waals surface area contributed by atoms with Crippen LogP contribution in [0.1, 0.15) is 42.9 Å². The number of nitrogens with two attached hydrogens (primary N) is 1. The molecule has 0 aromatic heterocycles. The fourth-order valence-electron chi connectivity index (χ4n) is 3.44. The van der Waals surface area contributed by atoms with Gasteiger partial charge in [-0.3, -0.25) is 4.79 Å². The zero-order valence-corrected chi connectivity index (χ0v) is 14.4. The van der Waals surface area contributed by atoms with E-state index in [1.165, 1.54) is 0 Å². The normalized spacial score (nSPS) is 21.4. The maximum atomic E-state index is 12.6. The van der Waals surface area contributed by atoms with Gasteiger partial charge < -0.3 is 11.1 Å². The lowest BCUT2D eigenvalue weighted by Gasteiger charge is -2.22. The molecular weight excluding hydrogens is 320 g/mol. The molecule has 1 saturated carbocycles. The molecule has 2 aromatic rings. The molecule has 1 amide bonds. The van der Waals surface area contributed by atoms with Gasteiger partial charge in [-0.2, -0.15) is 0 Å².